The van der Waals surface area contributed by atoms with Crippen molar-refractivity contribution in [2.75, 3.05) is 19.4 Å². The lowest BCUT2D eigenvalue weighted by atomic mass is 10.0. The van der Waals surface area contributed by atoms with Gasteiger partial charge in [-0.1, -0.05) is 13.8 Å². The molecule has 0 bridgehead atoms. The molecule has 2 atom stereocenters. The topological polar surface area (TPSA) is 84.5 Å². The summed E-state index contributed by atoms with van der Waals surface area (Å²) in [5, 5.41) is 6.42. The first kappa shape index (κ1) is 21.7. The smallest absolute Gasteiger partial charge is 0.255 e. The van der Waals surface area contributed by atoms with Crippen LogP contribution in [0.25, 0.3) is 0 Å². The maximum Gasteiger partial charge on any atom is 0.255 e. The van der Waals surface area contributed by atoms with Gasteiger partial charge in [0.2, 0.25) is 0 Å². The molecule has 2 N–H and O–H groups in total. The summed E-state index contributed by atoms with van der Waals surface area (Å²) >= 11 is 0. The average Bonchev–Trinajstić information content (AvgIpc) is 3.13. The summed E-state index contributed by atoms with van der Waals surface area (Å²) in [6.07, 6.45) is 2.93. The lowest BCUT2D eigenvalue weighted by Gasteiger charge is -2.24. The van der Waals surface area contributed by atoms with E-state index in [0.29, 0.717) is 5.75 Å². The molecule has 0 aliphatic carbocycles. The summed E-state index contributed by atoms with van der Waals surface area (Å²) in [5.41, 5.74) is 0.253. The van der Waals surface area contributed by atoms with E-state index in [4.69, 9.17) is 4.74 Å². The minimum absolute atomic E-state index is 0. The van der Waals surface area contributed by atoms with Crippen LogP contribution in [0, 0.1) is 0 Å². The zero-order valence-corrected chi connectivity index (χ0v) is 16.5. The van der Waals surface area contributed by atoms with Crippen LogP contribution in [0.15, 0.2) is 23.1 Å². The van der Waals surface area contributed by atoms with Crippen LogP contribution in [0.1, 0.15) is 43.5 Å². The van der Waals surface area contributed by atoms with E-state index >= 15 is 0 Å². The third kappa shape index (κ3) is 5.09. The fourth-order valence-electron chi connectivity index (χ4n) is 3.01. The first-order valence-electron chi connectivity index (χ1n) is 8.38. The van der Waals surface area contributed by atoms with Crippen LogP contribution in [0.4, 0.5) is 0 Å². The van der Waals surface area contributed by atoms with Crippen LogP contribution in [0.5, 0.6) is 5.75 Å². The van der Waals surface area contributed by atoms with Gasteiger partial charge in [-0.05, 0) is 44.0 Å². The molecule has 2 rings (SSSR count). The number of nitrogens with one attached hydrogen (secondary N) is 2. The Labute approximate surface area is 156 Å². The molecule has 1 aliphatic rings. The van der Waals surface area contributed by atoms with Crippen LogP contribution >= 0.6 is 12.4 Å². The fraction of sp³-hybridized carbons (Fsp3) is 0.588. The van der Waals surface area contributed by atoms with E-state index in [0.717, 1.165) is 25.8 Å². The van der Waals surface area contributed by atoms with Crippen molar-refractivity contribution in [3.05, 3.63) is 23.8 Å². The van der Waals surface area contributed by atoms with Crippen molar-refractivity contribution in [1.29, 1.82) is 0 Å². The average molecular weight is 391 g/mol. The van der Waals surface area contributed by atoms with Crippen molar-refractivity contribution in [2.24, 2.45) is 0 Å². The Hall–Kier alpha value is -1.31. The molecule has 1 amide bonds. The van der Waals surface area contributed by atoms with Gasteiger partial charge in [-0.2, -0.15) is 0 Å². The molecule has 6 nitrogen and oxygen atoms in total. The second kappa shape index (κ2) is 9.40. The van der Waals surface area contributed by atoms with E-state index in [1.807, 2.05) is 6.92 Å². The lowest BCUT2D eigenvalue weighted by molar-refractivity contribution is 0.0924. The number of amides is 1. The molecule has 2 unspecified atom stereocenters. The summed E-state index contributed by atoms with van der Waals surface area (Å²) in [7, 11) is -1.91. The number of halogens is 1. The van der Waals surface area contributed by atoms with E-state index in [1.54, 1.807) is 6.92 Å². The highest BCUT2D eigenvalue weighted by atomic mass is 35.5. The number of carbonyl (C=O) groups excluding carboxylic acids is 1. The number of hydrogen-bond acceptors (Lipinski definition) is 5. The minimum atomic E-state index is -3.38. The van der Waals surface area contributed by atoms with Crippen LogP contribution in [-0.2, 0) is 9.84 Å². The molecule has 8 heteroatoms. The molecule has 1 aromatic rings. The van der Waals surface area contributed by atoms with E-state index in [1.165, 1.54) is 25.3 Å². The summed E-state index contributed by atoms with van der Waals surface area (Å²) in [4.78, 5) is 12.8. The zero-order valence-electron chi connectivity index (χ0n) is 14.9. The number of carbonyl (C=O) groups is 1. The quantitative estimate of drug-likeness (QED) is 0.745. The molecule has 0 aromatic heterocycles. The second-order valence-electron chi connectivity index (χ2n) is 5.96. The van der Waals surface area contributed by atoms with Crippen LogP contribution in [0.2, 0.25) is 0 Å². The molecule has 1 saturated heterocycles. The lowest BCUT2D eigenvalue weighted by Crippen LogP contribution is -2.47. The Morgan fingerprint density at radius 2 is 2.12 bits per heavy atom. The normalized spacial score (nSPS) is 18.3. The van der Waals surface area contributed by atoms with E-state index in [-0.39, 0.29) is 46.6 Å². The van der Waals surface area contributed by atoms with Crippen LogP contribution < -0.4 is 15.4 Å². The number of benzene rings is 1. The van der Waals surface area contributed by atoms with Crippen LogP contribution in [-0.4, -0.2) is 45.8 Å². The first-order chi connectivity index (χ1) is 11.4. The molecule has 142 valence electrons. The molecule has 0 spiro atoms. The molecule has 1 fully saturated rings. The van der Waals surface area contributed by atoms with Crippen molar-refractivity contribution in [3.63, 3.8) is 0 Å². The SMILES string of the molecule is CCC(NC(=O)c1cc(S(=O)(=O)CC)ccc1OC)C1CCCN1.Cl. The third-order valence-corrected chi connectivity index (χ3v) is 6.23. The Bertz CT molecular complexity index is 688. The van der Waals surface area contributed by atoms with Gasteiger partial charge in [-0.3, -0.25) is 4.79 Å². The van der Waals surface area contributed by atoms with Gasteiger partial charge in [-0.25, -0.2) is 8.42 Å². The van der Waals surface area contributed by atoms with Crippen molar-refractivity contribution < 1.29 is 17.9 Å². The highest BCUT2D eigenvalue weighted by molar-refractivity contribution is 7.91. The molecule has 1 heterocycles. The van der Waals surface area contributed by atoms with Gasteiger partial charge in [0.25, 0.3) is 5.91 Å². The van der Waals surface area contributed by atoms with E-state index < -0.39 is 9.84 Å². The van der Waals surface area contributed by atoms with Gasteiger partial charge in [0.15, 0.2) is 9.84 Å². The Balaban J connectivity index is 0.00000312. The highest BCUT2D eigenvalue weighted by Crippen LogP contribution is 2.24. The van der Waals surface area contributed by atoms with Crippen molar-refractivity contribution in [1.82, 2.24) is 10.6 Å². The molecule has 1 aliphatic heterocycles. The molecule has 0 saturated carbocycles. The van der Waals surface area contributed by atoms with Gasteiger partial charge >= 0.3 is 0 Å². The van der Waals surface area contributed by atoms with Crippen LogP contribution in [0.3, 0.4) is 0 Å². The Kier molecular flexibility index (Phi) is 8.18. The number of methoxy groups -OCH3 is 1. The van der Waals surface area contributed by atoms with Gasteiger partial charge in [-0.15, -0.1) is 12.4 Å². The predicted octanol–water partition coefficient (Wildman–Crippen LogP) is 2.17. The summed E-state index contributed by atoms with van der Waals surface area (Å²) in [6.45, 7) is 4.57. The molecule has 1 aromatic carbocycles. The fourth-order valence-corrected chi connectivity index (χ4v) is 3.92. The Morgan fingerprint density at radius 3 is 2.64 bits per heavy atom. The monoisotopic (exact) mass is 390 g/mol. The van der Waals surface area contributed by atoms with Gasteiger partial charge in [0.1, 0.15) is 5.75 Å². The molecular formula is C17H27ClN2O4S. The molecule has 25 heavy (non-hydrogen) atoms. The number of hydrogen-bond donors (Lipinski definition) is 2. The van der Waals surface area contributed by atoms with Gasteiger partial charge in [0, 0.05) is 12.1 Å². The number of rotatable bonds is 7. The largest absolute Gasteiger partial charge is 0.496 e. The second-order valence-corrected chi connectivity index (χ2v) is 8.23. The van der Waals surface area contributed by atoms with Crippen molar-refractivity contribution in [3.8, 4) is 5.75 Å². The standard InChI is InChI=1S/C17H26N2O4S.ClH/c1-4-14(15-7-6-10-18-15)19-17(20)13-11-12(24(21,22)5-2)8-9-16(13)23-3;/h8-9,11,14-15,18H,4-7,10H2,1-3H3,(H,19,20);1H. The molecular weight excluding hydrogens is 364 g/mol. The molecule has 0 radical (unpaired) electrons. The summed E-state index contributed by atoms with van der Waals surface area (Å²) in [6, 6.07) is 4.68. The van der Waals surface area contributed by atoms with E-state index in [9.17, 15) is 13.2 Å². The summed E-state index contributed by atoms with van der Waals surface area (Å²) in [5.74, 6) is 0.0570. The third-order valence-electron chi connectivity index (χ3n) is 4.50. The Morgan fingerprint density at radius 1 is 1.40 bits per heavy atom. The zero-order chi connectivity index (χ0) is 17.7. The number of ether oxygens (including phenoxy) is 1. The predicted molar refractivity (Wildman–Crippen MR) is 101 cm³/mol. The van der Waals surface area contributed by atoms with Crippen molar-refractivity contribution >= 4 is 28.2 Å². The minimum Gasteiger partial charge on any atom is -0.496 e. The maximum absolute atomic E-state index is 12.7. The summed E-state index contributed by atoms with van der Waals surface area (Å²) < 4.78 is 29.4. The first-order valence-corrected chi connectivity index (χ1v) is 10.0. The van der Waals surface area contributed by atoms with Crippen molar-refractivity contribution in [2.45, 2.75) is 50.1 Å². The van der Waals surface area contributed by atoms with E-state index in [2.05, 4.69) is 10.6 Å². The van der Waals surface area contributed by atoms with Gasteiger partial charge in [0.05, 0.1) is 23.3 Å². The highest BCUT2D eigenvalue weighted by Gasteiger charge is 2.26. The van der Waals surface area contributed by atoms with Gasteiger partial charge < -0.3 is 15.4 Å². The number of sulfone groups is 1. The maximum atomic E-state index is 12.7.